The SMILES string of the molecule is Cl.NC1(c2ccccc2F)CC(F)C1. The van der Waals surface area contributed by atoms with Gasteiger partial charge in [0.25, 0.3) is 0 Å². The van der Waals surface area contributed by atoms with Crippen molar-refractivity contribution in [3.8, 4) is 0 Å². The van der Waals surface area contributed by atoms with Gasteiger partial charge in [0.15, 0.2) is 0 Å². The molecule has 0 amide bonds. The first-order valence-electron chi connectivity index (χ1n) is 4.30. The molecule has 2 rings (SSSR count). The van der Waals surface area contributed by atoms with E-state index in [1.165, 1.54) is 6.07 Å². The summed E-state index contributed by atoms with van der Waals surface area (Å²) in [5.74, 6) is -0.336. The first kappa shape index (κ1) is 11.4. The van der Waals surface area contributed by atoms with Crippen molar-refractivity contribution in [1.82, 2.24) is 0 Å². The number of hydrogen-bond acceptors (Lipinski definition) is 1. The normalized spacial score (nSPS) is 30.4. The molecule has 78 valence electrons. The maximum atomic E-state index is 13.2. The molecule has 1 fully saturated rings. The van der Waals surface area contributed by atoms with E-state index in [1.54, 1.807) is 18.2 Å². The Morgan fingerprint density at radius 3 is 2.36 bits per heavy atom. The molecule has 0 atom stereocenters. The molecule has 1 saturated carbocycles. The lowest BCUT2D eigenvalue weighted by Crippen LogP contribution is -2.50. The first-order valence-corrected chi connectivity index (χ1v) is 4.30. The Kier molecular flexibility index (Phi) is 3.12. The third kappa shape index (κ3) is 1.74. The van der Waals surface area contributed by atoms with Crippen LogP contribution in [-0.4, -0.2) is 6.17 Å². The van der Waals surface area contributed by atoms with Gasteiger partial charge < -0.3 is 5.73 Å². The van der Waals surface area contributed by atoms with Gasteiger partial charge in [-0.1, -0.05) is 18.2 Å². The van der Waals surface area contributed by atoms with Crippen molar-refractivity contribution in [2.24, 2.45) is 5.73 Å². The molecule has 1 aromatic rings. The highest BCUT2D eigenvalue weighted by molar-refractivity contribution is 5.85. The smallest absolute Gasteiger partial charge is 0.128 e. The van der Waals surface area contributed by atoms with Gasteiger partial charge in [0.1, 0.15) is 12.0 Å². The Balaban J connectivity index is 0.000000980. The summed E-state index contributed by atoms with van der Waals surface area (Å²) in [5, 5.41) is 0. The zero-order chi connectivity index (χ0) is 9.47. The molecular formula is C10H12ClF2N. The van der Waals surface area contributed by atoms with Gasteiger partial charge in [-0.3, -0.25) is 0 Å². The van der Waals surface area contributed by atoms with E-state index in [0.717, 1.165) is 0 Å². The topological polar surface area (TPSA) is 26.0 Å². The second kappa shape index (κ2) is 3.83. The van der Waals surface area contributed by atoms with Crippen LogP contribution in [0.2, 0.25) is 0 Å². The Labute approximate surface area is 87.7 Å². The lowest BCUT2D eigenvalue weighted by atomic mass is 9.71. The lowest BCUT2D eigenvalue weighted by molar-refractivity contribution is 0.0956. The molecule has 0 aliphatic heterocycles. The minimum absolute atomic E-state index is 0. The van der Waals surface area contributed by atoms with Crippen molar-refractivity contribution in [1.29, 1.82) is 0 Å². The molecule has 0 spiro atoms. The summed E-state index contributed by atoms with van der Waals surface area (Å²) in [6, 6.07) is 6.31. The summed E-state index contributed by atoms with van der Waals surface area (Å²) in [6.07, 6.45) is -0.411. The largest absolute Gasteiger partial charge is 0.321 e. The zero-order valence-corrected chi connectivity index (χ0v) is 8.36. The van der Waals surface area contributed by atoms with Crippen LogP contribution in [0, 0.1) is 5.82 Å². The van der Waals surface area contributed by atoms with Crippen LogP contribution in [0.3, 0.4) is 0 Å². The van der Waals surface area contributed by atoms with Gasteiger partial charge in [0.05, 0.1) is 0 Å². The molecule has 1 aliphatic carbocycles. The average molecular weight is 220 g/mol. The second-order valence-corrected chi connectivity index (χ2v) is 3.64. The number of halogens is 3. The van der Waals surface area contributed by atoms with E-state index < -0.39 is 11.7 Å². The third-order valence-corrected chi connectivity index (χ3v) is 2.58. The minimum atomic E-state index is -0.871. The fraction of sp³-hybridized carbons (Fsp3) is 0.400. The molecule has 0 bridgehead atoms. The van der Waals surface area contributed by atoms with E-state index in [9.17, 15) is 8.78 Å². The molecular weight excluding hydrogens is 208 g/mol. The summed E-state index contributed by atoms with van der Waals surface area (Å²) in [6.45, 7) is 0. The highest BCUT2D eigenvalue weighted by atomic mass is 35.5. The van der Waals surface area contributed by atoms with E-state index in [1.807, 2.05) is 0 Å². The van der Waals surface area contributed by atoms with Crippen molar-refractivity contribution in [2.45, 2.75) is 24.6 Å². The molecule has 14 heavy (non-hydrogen) atoms. The van der Waals surface area contributed by atoms with Crippen molar-refractivity contribution < 1.29 is 8.78 Å². The summed E-state index contributed by atoms with van der Waals surface area (Å²) < 4.78 is 25.9. The van der Waals surface area contributed by atoms with Crippen molar-refractivity contribution in [3.05, 3.63) is 35.6 Å². The van der Waals surface area contributed by atoms with Crippen molar-refractivity contribution in [2.75, 3.05) is 0 Å². The molecule has 0 unspecified atom stereocenters. The summed E-state index contributed by atoms with van der Waals surface area (Å²) >= 11 is 0. The number of nitrogens with two attached hydrogens (primary N) is 1. The van der Waals surface area contributed by atoms with Crippen LogP contribution in [-0.2, 0) is 5.54 Å². The maximum Gasteiger partial charge on any atom is 0.128 e. The Bertz CT molecular complexity index is 324. The molecule has 1 nitrogen and oxygen atoms in total. The van der Waals surface area contributed by atoms with Crippen LogP contribution in [0.25, 0.3) is 0 Å². The van der Waals surface area contributed by atoms with E-state index >= 15 is 0 Å². The number of benzene rings is 1. The van der Waals surface area contributed by atoms with E-state index in [4.69, 9.17) is 5.73 Å². The first-order chi connectivity index (χ1) is 6.12. The maximum absolute atomic E-state index is 13.2. The van der Waals surface area contributed by atoms with Crippen LogP contribution in [0.15, 0.2) is 24.3 Å². The third-order valence-electron chi connectivity index (χ3n) is 2.58. The summed E-state index contributed by atoms with van der Waals surface area (Å²) in [5.41, 5.74) is 5.50. The Hall–Kier alpha value is -0.670. The molecule has 0 saturated heterocycles. The monoisotopic (exact) mass is 219 g/mol. The predicted molar refractivity (Wildman–Crippen MR) is 53.6 cm³/mol. The lowest BCUT2D eigenvalue weighted by Gasteiger charge is -2.41. The van der Waals surface area contributed by atoms with Gasteiger partial charge in [-0.15, -0.1) is 12.4 Å². The van der Waals surface area contributed by atoms with Gasteiger partial charge >= 0.3 is 0 Å². The highest BCUT2D eigenvalue weighted by Crippen LogP contribution is 2.41. The standard InChI is InChI=1S/C10H11F2N.ClH/c11-7-5-10(13,6-7)8-3-1-2-4-9(8)12;/h1-4,7H,5-6,13H2;1H. The molecule has 1 aromatic carbocycles. The Morgan fingerprint density at radius 1 is 1.29 bits per heavy atom. The van der Waals surface area contributed by atoms with Gasteiger partial charge in [-0.05, 0) is 6.07 Å². The van der Waals surface area contributed by atoms with Crippen molar-refractivity contribution in [3.63, 3.8) is 0 Å². The number of hydrogen-bond donors (Lipinski definition) is 1. The molecule has 0 heterocycles. The quantitative estimate of drug-likeness (QED) is 0.772. The summed E-state index contributed by atoms with van der Waals surface area (Å²) in [7, 11) is 0. The van der Waals surface area contributed by atoms with Crippen LogP contribution in [0.4, 0.5) is 8.78 Å². The fourth-order valence-electron chi connectivity index (χ4n) is 1.82. The zero-order valence-electron chi connectivity index (χ0n) is 7.54. The van der Waals surface area contributed by atoms with Crippen LogP contribution < -0.4 is 5.73 Å². The van der Waals surface area contributed by atoms with Gasteiger partial charge in [0.2, 0.25) is 0 Å². The van der Waals surface area contributed by atoms with E-state index in [2.05, 4.69) is 0 Å². The van der Waals surface area contributed by atoms with Crippen LogP contribution in [0.1, 0.15) is 18.4 Å². The van der Waals surface area contributed by atoms with Crippen LogP contribution in [0.5, 0.6) is 0 Å². The highest BCUT2D eigenvalue weighted by Gasteiger charge is 2.43. The average Bonchev–Trinajstić information content (AvgIpc) is 2.02. The van der Waals surface area contributed by atoms with Gasteiger partial charge in [-0.2, -0.15) is 0 Å². The predicted octanol–water partition coefficient (Wildman–Crippen LogP) is 2.53. The van der Waals surface area contributed by atoms with Crippen molar-refractivity contribution >= 4 is 12.4 Å². The van der Waals surface area contributed by atoms with E-state index in [-0.39, 0.29) is 31.1 Å². The molecule has 0 radical (unpaired) electrons. The minimum Gasteiger partial charge on any atom is -0.321 e. The van der Waals surface area contributed by atoms with E-state index in [0.29, 0.717) is 5.56 Å². The van der Waals surface area contributed by atoms with Gasteiger partial charge in [0, 0.05) is 23.9 Å². The molecule has 0 aromatic heterocycles. The van der Waals surface area contributed by atoms with Gasteiger partial charge in [-0.25, -0.2) is 8.78 Å². The molecule has 2 N–H and O–H groups in total. The number of rotatable bonds is 1. The Morgan fingerprint density at radius 2 is 1.86 bits per heavy atom. The molecule has 1 aliphatic rings. The second-order valence-electron chi connectivity index (χ2n) is 3.64. The molecule has 4 heteroatoms. The summed E-state index contributed by atoms with van der Waals surface area (Å²) in [4.78, 5) is 0. The fourth-order valence-corrected chi connectivity index (χ4v) is 1.82. The number of alkyl halides is 1. The van der Waals surface area contributed by atoms with Crippen LogP contribution >= 0.6 is 12.4 Å².